The number of hydrogen-bond donors (Lipinski definition) is 0. The third-order valence-electron chi connectivity index (χ3n) is 7.01. The van der Waals surface area contributed by atoms with Crippen molar-refractivity contribution in [3.05, 3.63) is 71.8 Å². The SMILES string of the molecule is CC(C)(C)[Si](C)(C)OCC1CN(Cc2ccccc2)CC1CCc1ccccc1. The Balaban J connectivity index is 1.64. The molecule has 0 amide bonds. The molecule has 2 atom stereocenters. The van der Waals surface area contributed by atoms with Crippen LogP contribution in [0.5, 0.6) is 0 Å². The van der Waals surface area contributed by atoms with Crippen molar-refractivity contribution in [1.82, 2.24) is 4.90 Å². The molecule has 0 radical (unpaired) electrons. The van der Waals surface area contributed by atoms with Gasteiger partial charge in [0.05, 0.1) is 0 Å². The Kier molecular flexibility index (Phi) is 7.36. The Hall–Kier alpha value is -1.42. The predicted molar refractivity (Wildman–Crippen MR) is 127 cm³/mol. The molecule has 2 aromatic rings. The van der Waals surface area contributed by atoms with Gasteiger partial charge in [-0.25, -0.2) is 0 Å². The molecule has 1 saturated heterocycles. The Bertz CT molecular complexity index is 738. The van der Waals surface area contributed by atoms with Gasteiger partial charge in [-0.3, -0.25) is 4.90 Å². The Morgan fingerprint density at radius 1 is 0.862 bits per heavy atom. The highest BCUT2D eigenvalue weighted by Crippen LogP contribution is 2.38. The van der Waals surface area contributed by atoms with Crippen molar-refractivity contribution in [1.29, 1.82) is 0 Å². The van der Waals surface area contributed by atoms with Crippen LogP contribution in [0.3, 0.4) is 0 Å². The maximum absolute atomic E-state index is 6.67. The summed E-state index contributed by atoms with van der Waals surface area (Å²) in [6.07, 6.45) is 2.42. The molecule has 2 nitrogen and oxygen atoms in total. The van der Waals surface area contributed by atoms with Crippen molar-refractivity contribution >= 4 is 8.32 Å². The summed E-state index contributed by atoms with van der Waals surface area (Å²) in [5.74, 6) is 1.35. The minimum atomic E-state index is -1.70. The number of likely N-dealkylation sites (tertiary alicyclic amines) is 1. The summed E-state index contributed by atoms with van der Waals surface area (Å²) in [7, 11) is -1.70. The van der Waals surface area contributed by atoms with E-state index in [1.807, 2.05) is 0 Å². The molecule has 0 aromatic heterocycles. The summed E-state index contributed by atoms with van der Waals surface area (Å²) in [4.78, 5) is 2.64. The van der Waals surface area contributed by atoms with Gasteiger partial charge in [-0.15, -0.1) is 0 Å². The molecule has 3 rings (SSSR count). The van der Waals surface area contributed by atoms with Crippen molar-refractivity contribution in [2.75, 3.05) is 19.7 Å². The maximum atomic E-state index is 6.67. The lowest BCUT2D eigenvalue weighted by molar-refractivity contribution is 0.199. The summed E-state index contributed by atoms with van der Waals surface area (Å²) in [5, 5.41) is 0.273. The minimum Gasteiger partial charge on any atom is -0.416 e. The molecule has 1 fully saturated rings. The van der Waals surface area contributed by atoms with Gasteiger partial charge < -0.3 is 4.43 Å². The van der Waals surface area contributed by atoms with Crippen LogP contribution < -0.4 is 0 Å². The molecule has 2 aromatic carbocycles. The Labute approximate surface area is 179 Å². The number of aryl methyl sites for hydroxylation is 1. The van der Waals surface area contributed by atoms with E-state index < -0.39 is 8.32 Å². The summed E-state index contributed by atoms with van der Waals surface area (Å²) in [5.41, 5.74) is 2.87. The molecule has 0 N–H and O–H groups in total. The van der Waals surface area contributed by atoms with Gasteiger partial charge in [0, 0.05) is 26.2 Å². The average Bonchev–Trinajstić information content (AvgIpc) is 3.07. The highest BCUT2D eigenvalue weighted by Gasteiger charge is 2.39. The van der Waals surface area contributed by atoms with Crippen molar-refractivity contribution in [3.8, 4) is 0 Å². The summed E-state index contributed by atoms with van der Waals surface area (Å²) < 4.78 is 6.67. The van der Waals surface area contributed by atoms with Gasteiger partial charge in [-0.2, -0.15) is 0 Å². The predicted octanol–water partition coefficient (Wildman–Crippen LogP) is 6.39. The number of benzene rings is 2. The molecule has 29 heavy (non-hydrogen) atoms. The van der Waals surface area contributed by atoms with Gasteiger partial charge in [0.25, 0.3) is 0 Å². The van der Waals surface area contributed by atoms with Crippen LogP contribution in [0.4, 0.5) is 0 Å². The Morgan fingerprint density at radius 3 is 2.00 bits per heavy atom. The van der Waals surface area contributed by atoms with Gasteiger partial charge in [0.15, 0.2) is 8.32 Å². The van der Waals surface area contributed by atoms with E-state index in [9.17, 15) is 0 Å². The first-order valence-corrected chi connectivity index (χ1v) is 14.1. The van der Waals surface area contributed by atoms with Crippen molar-refractivity contribution in [3.63, 3.8) is 0 Å². The second-order valence-electron chi connectivity index (χ2n) is 10.3. The largest absolute Gasteiger partial charge is 0.416 e. The molecule has 0 spiro atoms. The highest BCUT2D eigenvalue weighted by molar-refractivity contribution is 6.74. The topological polar surface area (TPSA) is 12.5 Å². The van der Waals surface area contributed by atoms with E-state index in [1.54, 1.807) is 0 Å². The third kappa shape index (κ3) is 6.28. The summed E-state index contributed by atoms with van der Waals surface area (Å²) in [6, 6.07) is 21.8. The van der Waals surface area contributed by atoms with Crippen LogP contribution in [0.2, 0.25) is 18.1 Å². The first kappa shape index (κ1) is 22.3. The van der Waals surface area contributed by atoms with Crippen LogP contribution in [-0.2, 0) is 17.4 Å². The normalized spacial score (nSPS) is 20.9. The molecule has 1 aliphatic heterocycles. The molecule has 158 valence electrons. The van der Waals surface area contributed by atoms with Crippen molar-refractivity contribution in [2.24, 2.45) is 11.8 Å². The van der Waals surface area contributed by atoms with E-state index in [0.717, 1.165) is 19.7 Å². The molecule has 3 heteroatoms. The second kappa shape index (κ2) is 9.59. The molecule has 0 saturated carbocycles. The van der Waals surface area contributed by atoms with Crippen LogP contribution in [-0.4, -0.2) is 32.9 Å². The smallest absolute Gasteiger partial charge is 0.191 e. The van der Waals surface area contributed by atoms with E-state index in [2.05, 4.69) is 99.4 Å². The molecule has 1 aliphatic rings. The maximum Gasteiger partial charge on any atom is 0.191 e. The van der Waals surface area contributed by atoms with E-state index >= 15 is 0 Å². The zero-order chi connectivity index (χ0) is 20.9. The fraction of sp³-hybridized carbons (Fsp3) is 0.538. The highest BCUT2D eigenvalue weighted by atomic mass is 28.4. The fourth-order valence-corrected chi connectivity index (χ4v) is 5.11. The first-order chi connectivity index (χ1) is 13.7. The van der Waals surface area contributed by atoms with Crippen LogP contribution in [0.15, 0.2) is 60.7 Å². The molecule has 0 aliphatic carbocycles. The van der Waals surface area contributed by atoms with Gasteiger partial charge >= 0.3 is 0 Å². The van der Waals surface area contributed by atoms with Crippen molar-refractivity contribution < 1.29 is 4.43 Å². The van der Waals surface area contributed by atoms with Crippen LogP contribution in [0.1, 0.15) is 38.3 Å². The second-order valence-corrected chi connectivity index (χ2v) is 15.1. The van der Waals surface area contributed by atoms with Gasteiger partial charge in [0.2, 0.25) is 0 Å². The van der Waals surface area contributed by atoms with Crippen LogP contribution >= 0.6 is 0 Å². The third-order valence-corrected chi connectivity index (χ3v) is 11.5. The molecular weight excluding hydrogens is 370 g/mol. The van der Waals surface area contributed by atoms with E-state index in [1.165, 1.54) is 30.5 Å². The van der Waals surface area contributed by atoms with Crippen LogP contribution in [0.25, 0.3) is 0 Å². The minimum absolute atomic E-state index is 0.273. The first-order valence-electron chi connectivity index (χ1n) is 11.2. The monoisotopic (exact) mass is 409 g/mol. The Morgan fingerprint density at radius 2 is 1.41 bits per heavy atom. The lowest BCUT2D eigenvalue weighted by Gasteiger charge is -2.37. The quantitative estimate of drug-likeness (QED) is 0.468. The zero-order valence-electron chi connectivity index (χ0n) is 19.0. The van der Waals surface area contributed by atoms with Crippen molar-refractivity contribution in [2.45, 2.75) is 58.3 Å². The number of nitrogens with zero attached hydrogens (tertiary/aromatic N) is 1. The zero-order valence-corrected chi connectivity index (χ0v) is 20.0. The molecule has 1 heterocycles. The molecule has 0 bridgehead atoms. The fourth-order valence-electron chi connectivity index (χ4n) is 4.05. The summed E-state index contributed by atoms with van der Waals surface area (Å²) in [6.45, 7) is 16.1. The van der Waals surface area contributed by atoms with Gasteiger partial charge in [-0.1, -0.05) is 81.4 Å². The van der Waals surface area contributed by atoms with E-state index in [-0.39, 0.29) is 5.04 Å². The van der Waals surface area contributed by atoms with Gasteiger partial charge in [-0.05, 0) is 53.9 Å². The summed E-state index contributed by atoms with van der Waals surface area (Å²) >= 11 is 0. The molecule has 2 unspecified atom stereocenters. The van der Waals surface area contributed by atoms with Crippen LogP contribution in [0, 0.1) is 11.8 Å². The van der Waals surface area contributed by atoms with E-state index in [4.69, 9.17) is 4.43 Å². The van der Waals surface area contributed by atoms with E-state index in [0.29, 0.717) is 11.8 Å². The number of rotatable bonds is 8. The lowest BCUT2D eigenvalue weighted by Crippen LogP contribution is -2.42. The standard InChI is InChI=1S/C26H39NOSi/c1-26(2,3)29(4,5)28-21-25-20-27(18-23-14-10-7-11-15-23)19-24(25)17-16-22-12-8-6-9-13-22/h6-15,24-25H,16-21H2,1-5H3. The average molecular weight is 410 g/mol. The lowest BCUT2D eigenvalue weighted by atomic mass is 9.91. The number of hydrogen-bond acceptors (Lipinski definition) is 2. The van der Waals surface area contributed by atoms with Gasteiger partial charge in [0.1, 0.15) is 0 Å². The molecular formula is C26H39NOSi.